The predicted molar refractivity (Wildman–Crippen MR) is 76.2 cm³/mol. The molecular weight excluding hydrogens is 246 g/mol. The van der Waals surface area contributed by atoms with E-state index in [1.165, 1.54) is 18.4 Å². The van der Waals surface area contributed by atoms with E-state index < -0.39 is 0 Å². The van der Waals surface area contributed by atoms with Crippen molar-refractivity contribution in [3.05, 3.63) is 34.9 Å². The first kappa shape index (κ1) is 13.9. The molecule has 2 unspecified atom stereocenters. The molecule has 2 atom stereocenters. The van der Waals surface area contributed by atoms with Gasteiger partial charge in [0.05, 0.1) is 6.10 Å². The number of likely N-dealkylation sites (N-methyl/N-ethyl adjacent to an activating group) is 1. The van der Waals surface area contributed by atoms with E-state index in [-0.39, 0.29) is 0 Å². The summed E-state index contributed by atoms with van der Waals surface area (Å²) in [5.41, 5.74) is 1.23. The van der Waals surface area contributed by atoms with Crippen molar-refractivity contribution in [2.45, 2.75) is 44.2 Å². The van der Waals surface area contributed by atoms with Crippen LogP contribution in [0.15, 0.2) is 24.3 Å². The second kappa shape index (κ2) is 7.13. The fourth-order valence-electron chi connectivity index (χ4n) is 2.54. The van der Waals surface area contributed by atoms with Gasteiger partial charge in [-0.05, 0) is 50.8 Å². The molecule has 0 aromatic heterocycles. The Bertz CT molecular complexity index is 363. The summed E-state index contributed by atoms with van der Waals surface area (Å²) in [5.74, 6) is 0. The first-order valence-electron chi connectivity index (χ1n) is 6.82. The molecule has 1 aromatic rings. The van der Waals surface area contributed by atoms with Crippen molar-refractivity contribution in [2.75, 3.05) is 13.7 Å². The second-order valence-electron chi connectivity index (χ2n) is 4.99. The molecule has 0 amide bonds. The third-order valence-electron chi connectivity index (χ3n) is 3.69. The van der Waals surface area contributed by atoms with E-state index in [9.17, 15) is 0 Å². The van der Waals surface area contributed by atoms with Crippen molar-refractivity contribution in [3.63, 3.8) is 0 Å². The number of benzene rings is 1. The smallest absolute Gasteiger partial charge is 0.0576 e. The average Bonchev–Trinajstić information content (AvgIpc) is 2.90. The van der Waals surface area contributed by atoms with Crippen LogP contribution in [0.4, 0.5) is 0 Å². The van der Waals surface area contributed by atoms with Crippen LogP contribution in [0.2, 0.25) is 5.02 Å². The highest BCUT2D eigenvalue weighted by molar-refractivity contribution is 6.31. The maximum atomic E-state index is 6.20. The van der Waals surface area contributed by atoms with E-state index in [0.717, 1.165) is 30.9 Å². The van der Waals surface area contributed by atoms with Crippen LogP contribution in [-0.4, -0.2) is 25.8 Å². The lowest BCUT2D eigenvalue weighted by Gasteiger charge is -2.19. The van der Waals surface area contributed by atoms with Crippen LogP contribution in [0, 0.1) is 0 Å². The summed E-state index contributed by atoms with van der Waals surface area (Å²) in [6, 6.07) is 8.58. The minimum Gasteiger partial charge on any atom is -0.378 e. The predicted octanol–water partition coefficient (Wildman–Crippen LogP) is 3.43. The van der Waals surface area contributed by atoms with Crippen molar-refractivity contribution in [3.8, 4) is 0 Å². The first-order chi connectivity index (χ1) is 8.79. The number of rotatable bonds is 6. The molecule has 0 radical (unpaired) electrons. The maximum absolute atomic E-state index is 6.20. The Labute approximate surface area is 115 Å². The number of hydrogen-bond donors (Lipinski definition) is 1. The van der Waals surface area contributed by atoms with Gasteiger partial charge < -0.3 is 10.1 Å². The molecule has 1 N–H and O–H groups in total. The second-order valence-corrected chi connectivity index (χ2v) is 5.40. The first-order valence-corrected chi connectivity index (χ1v) is 7.19. The van der Waals surface area contributed by atoms with Crippen LogP contribution in [-0.2, 0) is 11.2 Å². The average molecular weight is 268 g/mol. The van der Waals surface area contributed by atoms with E-state index in [0.29, 0.717) is 12.1 Å². The molecule has 0 saturated carbocycles. The summed E-state index contributed by atoms with van der Waals surface area (Å²) in [4.78, 5) is 0. The Kier molecular flexibility index (Phi) is 5.48. The lowest BCUT2D eigenvalue weighted by molar-refractivity contribution is 0.0998. The van der Waals surface area contributed by atoms with Gasteiger partial charge in [-0.15, -0.1) is 0 Å². The van der Waals surface area contributed by atoms with Crippen molar-refractivity contribution in [2.24, 2.45) is 0 Å². The van der Waals surface area contributed by atoms with Crippen LogP contribution >= 0.6 is 11.6 Å². The van der Waals surface area contributed by atoms with Gasteiger partial charge in [0.15, 0.2) is 0 Å². The summed E-state index contributed by atoms with van der Waals surface area (Å²) >= 11 is 6.20. The van der Waals surface area contributed by atoms with Crippen LogP contribution in [0.5, 0.6) is 0 Å². The van der Waals surface area contributed by atoms with E-state index in [2.05, 4.69) is 11.4 Å². The van der Waals surface area contributed by atoms with Gasteiger partial charge in [0.2, 0.25) is 0 Å². The maximum Gasteiger partial charge on any atom is 0.0576 e. The molecule has 100 valence electrons. The molecule has 1 fully saturated rings. The Balaban J connectivity index is 1.83. The molecule has 1 aliphatic heterocycles. The van der Waals surface area contributed by atoms with E-state index in [4.69, 9.17) is 16.3 Å². The van der Waals surface area contributed by atoms with Crippen LogP contribution in [0.1, 0.15) is 31.2 Å². The van der Waals surface area contributed by atoms with Crippen LogP contribution < -0.4 is 5.32 Å². The highest BCUT2D eigenvalue weighted by Crippen LogP contribution is 2.21. The Morgan fingerprint density at radius 2 is 2.28 bits per heavy atom. The highest BCUT2D eigenvalue weighted by atomic mass is 35.5. The number of halogens is 1. The van der Waals surface area contributed by atoms with Crippen molar-refractivity contribution >= 4 is 11.6 Å². The van der Waals surface area contributed by atoms with Crippen molar-refractivity contribution in [1.82, 2.24) is 5.32 Å². The molecule has 2 nitrogen and oxygen atoms in total. The summed E-state index contributed by atoms with van der Waals surface area (Å²) in [7, 11) is 2.02. The minimum absolute atomic E-state index is 0.479. The van der Waals surface area contributed by atoms with Gasteiger partial charge in [-0.1, -0.05) is 29.8 Å². The van der Waals surface area contributed by atoms with Crippen LogP contribution in [0.3, 0.4) is 0 Å². The largest absolute Gasteiger partial charge is 0.378 e. The molecule has 1 saturated heterocycles. The molecule has 0 bridgehead atoms. The summed E-state index contributed by atoms with van der Waals surface area (Å²) < 4.78 is 5.67. The third kappa shape index (κ3) is 3.98. The van der Waals surface area contributed by atoms with Gasteiger partial charge in [-0.3, -0.25) is 0 Å². The molecule has 1 aromatic carbocycles. The highest BCUT2D eigenvalue weighted by Gasteiger charge is 2.17. The Hall–Kier alpha value is -0.570. The SMILES string of the molecule is CNC(CCC1CCCO1)Cc1ccccc1Cl. The fraction of sp³-hybridized carbons (Fsp3) is 0.600. The number of nitrogens with one attached hydrogen (secondary N) is 1. The molecule has 0 aliphatic carbocycles. The number of ether oxygens (including phenoxy) is 1. The topological polar surface area (TPSA) is 21.3 Å². The van der Waals surface area contributed by atoms with Crippen molar-refractivity contribution in [1.29, 1.82) is 0 Å². The van der Waals surface area contributed by atoms with E-state index in [1.54, 1.807) is 0 Å². The molecule has 1 aliphatic rings. The monoisotopic (exact) mass is 267 g/mol. The minimum atomic E-state index is 0.479. The van der Waals surface area contributed by atoms with Gasteiger partial charge in [0.1, 0.15) is 0 Å². The Morgan fingerprint density at radius 3 is 2.94 bits per heavy atom. The lowest BCUT2D eigenvalue weighted by atomic mass is 9.99. The Morgan fingerprint density at radius 1 is 1.44 bits per heavy atom. The van der Waals surface area contributed by atoms with E-state index in [1.807, 2.05) is 25.2 Å². The molecule has 1 heterocycles. The zero-order chi connectivity index (χ0) is 12.8. The van der Waals surface area contributed by atoms with Gasteiger partial charge >= 0.3 is 0 Å². The molecule has 3 heteroatoms. The molecule has 18 heavy (non-hydrogen) atoms. The molecular formula is C15H22ClNO. The lowest BCUT2D eigenvalue weighted by Crippen LogP contribution is -2.28. The molecule has 2 rings (SSSR count). The fourth-order valence-corrected chi connectivity index (χ4v) is 2.75. The summed E-state index contributed by atoms with van der Waals surface area (Å²) in [5, 5.41) is 4.26. The zero-order valence-corrected chi connectivity index (χ0v) is 11.7. The van der Waals surface area contributed by atoms with Gasteiger partial charge in [0.25, 0.3) is 0 Å². The zero-order valence-electron chi connectivity index (χ0n) is 11.0. The van der Waals surface area contributed by atoms with Crippen molar-refractivity contribution < 1.29 is 4.74 Å². The van der Waals surface area contributed by atoms with E-state index >= 15 is 0 Å². The van der Waals surface area contributed by atoms with Gasteiger partial charge in [-0.2, -0.15) is 0 Å². The van der Waals surface area contributed by atoms with Crippen LogP contribution in [0.25, 0.3) is 0 Å². The molecule has 0 spiro atoms. The number of hydrogen-bond acceptors (Lipinski definition) is 2. The quantitative estimate of drug-likeness (QED) is 0.853. The summed E-state index contributed by atoms with van der Waals surface area (Å²) in [6.45, 7) is 0.944. The summed E-state index contributed by atoms with van der Waals surface area (Å²) in [6.07, 6.45) is 6.21. The normalized spacial score (nSPS) is 21.1. The van der Waals surface area contributed by atoms with Gasteiger partial charge in [-0.25, -0.2) is 0 Å². The standard InChI is InChI=1S/C15H22ClNO/c1-17-13(8-9-14-6-4-10-18-14)11-12-5-2-3-7-15(12)16/h2-3,5,7,13-14,17H,4,6,8-11H2,1H3. The third-order valence-corrected chi connectivity index (χ3v) is 4.06. The van der Waals surface area contributed by atoms with Gasteiger partial charge in [0, 0.05) is 17.7 Å².